The Labute approximate surface area is 130 Å². The molecule has 0 spiro atoms. The van der Waals surface area contributed by atoms with E-state index in [1.165, 1.54) is 50.5 Å². The van der Waals surface area contributed by atoms with Crippen LogP contribution in [-0.4, -0.2) is 13.2 Å². The van der Waals surface area contributed by atoms with Crippen molar-refractivity contribution in [3.05, 3.63) is 29.8 Å². The lowest BCUT2D eigenvalue weighted by Crippen LogP contribution is -2.31. The van der Waals surface area contributed by atoms with E-state index in [0.29, 0.717) is 5.41 Å². The minimum atomic E-state index is 0.431. The minimum absolute atomic E-state index is 0.431. The second-order valence-electron chi connectivity index (χ2n) is 6.64. The third-order valence-corrected chi connectivity index (χ3v) is 4.81. The first-order valence-electron chi connectivity index (χ1n) is 8.70. The van der Waals surface area contributed by atoms with E-state index in [2.05, 4.69) is 31.2 Å². The van der Waals surface area contributed by atoms with Crippen molar-refractivity contribution in [1.29, 1.82) is 0 Å². The number of hydrogen-bond acceptors (Lipinski definition) is 2. The van der Waals surface area contributed by atoms with E-state index in [0.717, 1.165) is 31.7 Å². The molecule has 0 bridgehead atoms. The van der Waals surface area contributed by atoms with Gasteiger partial charge in [0.05, 0.1) is 6.61 Å². The van der Waals surface area contributed by atoms with Gasteiger partial charge >= 0.3 is 0 Å². The summed E-state index contributed by atoms with van der Waals surface area (Å²) >= 11 is 0. The summed E-state index contributed by atoms with van der Waals surface area (Å²) in [4.78, 5) is 0. The zero-order valence-electron chi connectivity index (χ0n) is 13.6. The quantitative estimate of drug-likeness (QED) is 0.752. The van der Waals surface area contributed by atoms with E-state index in [4.69, 9.17) is 10.5 Å². The summed E-state index contributed by atoms with van der Waals surface area (Å²) in [6.45, 7) is 3.94. The molecule has 0 atom stereocenters. The van der Waals surface area contributed by atoms with Gasteiger partial charge in [0.25, 0.3) is 0 Å². The highest BCUT2D eigenvalue weighted by Crippen LogP contribution is 2.40. The molecule has 1 aliphatic carbocycles. The van der Waals surface area contributed by atoms with E-state index >= 15 is 0 Å². The van der Waals surface area contributed by atoms with Gasteiger partial charge in [-0.25, -0.2) is 0 Å². The molecular formula is C19H31NO. The molecule has 0 heterocycles. The first-order valence-corrected chi connectivity index (χ1v) is 8.70. The van der Waals surface area contributed by atoms with Crippen LogP contribution in [0.15, 0.2) is 24.3 Å². The van der Waals surface area contributed by atoms with Crippen LogP contribution in [0.2, 0.25) is 0 Å². The highest BCUT2D eigenvalue weighted by atomic mass is 16.5. The molecule has 0 aliphatic heterocycles. The van der Waals surface area contributed by atoms with Gasteiger partial charge in [0.15, 0.2) is 0 Å². The minimum Gasteiger partial charge on any atom is -0.493 e. The fourth-order valence-corrected chi connectivity index (χ4v) is 3.63. The van der Waals surface area contributed by atoms with E-state index in [1.54, 1.807) is 0 Å². The number of benzene rings is 1. The lowest BCUT2D eigenvalue weighted by Gasteiger charge is -2.37. The van der Waals surface area contributed by atoms with Crippen LogP contribution in [0.1, 0.15) is 63.9 Å². The number of aryl methyl sites for hydroxylation is 1. The van der Waals surface area contributed by atoms with Crippen molar-refractivity contribution in [2.45, 2.75) is 64.7 Å². The Bertz CT molecular complexity index is 404. The van der Waals surface area contributed by atoms with Crippen molar-refractivity contribution < 1.29 is 4.74 Å². The number of ether oxygens (including phenoxy) is 1. The second-order valence-corrected chi connectivity index (χ2v) is 6.64. The lowest BCUT2D eigenvalue weighted by molar-refractivity contribution is 0.0865. The topological polar surface area (TPSA) is 35.2 Å². The molecular weight excluding hydrogens is 258 g/mol. The molecule has 1 aromatic rings. The van der Waals surface area contributed by atoms with Crippen molar-refractivity contribution in [1.82, 2.24) is 0 Å². The van der Waals surface area contributed by atoms with Crippen LogP contribution in [-0.2, 0) is 6.42 Å². The molecule has 2 rings (SSSR count). The van der Waals surface area contributed by atoms with E-state index in [-0.39, 0.29) is 0 Å². The van der Waals surface area contributed by atoms with Crippen molar-refractivity contribution in [2.24, 2.45) is 11.1 Å². The van der Waals surface area contributed by atoms with Gasteiger partial charge in [-0.2, -0.15) is 0 Å². The fraction of sp³-hybridized carbons (Fsp3) is 0.684. The van der Waals surface area contributed by atoms with Crippen molar-refractivity contribution in [3.8, 4) is 5.75 Å². The van der Waals surface area contributed by atoms with Gasteiger partial charge in [0.1, 0.15) is 5.75 Å². The monoisotopic (exact) mass is 289 g/mol. The van der Waals surface area contributed by atoms with Gasteiger partial charge < -0.3 is 10.5 Å². The van der Waals surface area contributed by atoms with Crippen LogP contribution in [0.5, 0.6) is 5.75 Å². The van der Waals surface area contributed by atoms with Crippen LogP contribution in [0.3, 0.4) is 0 Å². The highest BCUT2D eigenvalue weighted by molar-refractivity contribution is 5.28. The van der Waals surface area contributed by atoms with Crippen LogP contribution in [0.25, 0.3) is 0 Å². The molecule has 0 aromatic heterocycles. The number of hydrogen-bond donors (Lipinski definition) is 1. The Kier molecular flexibility index (Phi) is 6.56. The van der Waals surface area contributed by atoms with Crippen LogP contribution < -0.4 is 10.5 Å². The largest absolute Gasteiger partial charge is 0.493 e. The summed E-state index contributed by atoms with van der Waals surface area (Å²) in [6.07, 6.45) is 11.5. The SMILES string of the molecule is CCCC1(COc2cccc(CCCN)c2)CCCCC1. The first-order chi connectivity index (χ1) is 10.3. The summed E-state index contributed by atoms with van der Waals surface area (Å²) in [5, 5.41) is 0. The fourth-order valence-electron chi connectivity index (χ4n) is 3.63. The maximum absolute atomic E-state index is 6.19. The molecule has 1 saturated carbocycles. The second kappa shape index (κ2) is 8.43. The molecule has 118 valence electrons. The Morgan fingerprint density at radius 3 is 2.71 bits per heavy atom. The van der Waals surface area contributed by atoms with Gasteiger partial charge in [-0.3, -0.25) is 0 Å². The van der Waals surface area contributed by atoms with E-state index in [9.17, 15) is 0 Å². The molecule has 1 aliphatic rings. The number of nitrogens with two attached hydrogens (primary N) is 1. The van der Waals surface area contributed by atoms with Gasteiger partial charge in [-0.15, -0.1) is 0 Å². The maximum Gasteiger partial charge on any atom is 0.119 e. The molecule has 21 heavy (non-hydrogen) atoms. The average molecular weight is 289 g/mol. The lowest BCUT2D eigenvalue weighted by atomic mass is 9.72. The predicted molar refractivity (Wildman–Crippen MR) is 89.7 cm³/mol. The Morgan fingerprint density at radius 1 is 1.19 bits per heavy atom. The summed E-state index contributed by atoms with van der Waals surface area (Å²) in [7, 11) is 0. The molecule has 0 radical (unpaired) electrons. The van der Waals surface area contributed by atoms with Crippen molar-refractivity contribution in [3.63, 3.8) is 0 Å². The Balaban J connectivity index is 1.93. The predicted octanol–water partition coefficient (Wildman–Crippen LogP) is 4.71. The summed E-state index contributed by atoms with van der Waals surface area (Å²) in [6, 6.07) is 8.56. The van der Waals surface area contributed by atoms with Crippen LogP contribution >= 0.6 is 0 Å². The molecule has 2 heteroatoms. The maximum atomic E-state index is 6.19. The van der Waals surface area contributed by atoms with Crippen molar-refractivity contribution in [2.75, 3.05) is 13.2 Å². The standard InChI is InChI=1S/C19H31NO/c1-2-11-19(12-4-3-5-13-19)16-21-18-10-6-8-17(15-18)9-7-14-20/h6,8,10,15H,2-5,7,9,11-14,16,20H2,1H3. The molecule has 2 nitrogen and oxygen atoms in total. The average Bonchev–Trinajstić information content (AvgIpc) is 2.53. The zero-order valence-corrected chi connectivity index (χ0v) is 13.6. The van der Waals surface area contributed by atoms with Gasteiger partial charge in [-0.1, -0.05) is 44.7 Å². The molecule has 1 fully saturated rings. The third-order valence-electron chi connectivity index (χ3n) is 4.81. The van der Waals surface area contributed by atoms with Crippen LogP contribution in [0, 0.1) is 5.41 Å². The van der Waals surface area contributed by atoms with Crippen LogP contribution in [0.4, 0.5) is 0 Å². The summed E-state index contributed by atoms with van der Waals surface area (Å²) in [5.41, 5.74) is 7.36. The molecule has 0 amide bonds. The van der Waals surface area contributed by atoms with Gasteiger partial charge in [0.2, 0.25) is 0 Å². The highest BCUT2D eigenvalue weighted by Gasteiger charge is 2.31. The summed E-state index contributed by atoms with van der Waals surface area (Å²) < 4.78 is 6.19. The molecule has 1 aromatic carbocycles. The number of rotatable bonds is 8. The Morgan fingerprint density at radius 2 is 2.00 bits per heavy atom. The Hall–Kier alpha value is -1.02. The van der Waals surface area contributed by atoms with E-state index < -0.39 is 0 Å². The zero-order chi connectivity index (χ0) is 15.0. The van der Waals surface area contributed by atoms with Gasteiger partial charge in [0, 0.05) is 5.41 Å². The van der Waals surface area contributed by atoms with Gasteiger partial charge in [-0.05, 0) is 56.3 Å². The summed E-state index contributed by atoms with van der Waals surface area (Å²) in [5.74, 6) is 1.03. The third kappa shape index (κ3) is 5.03. The van der Waals surface area contributed by atoms with Crippen molar-refractivity contribution >= 4 is 0 Å². The molecule has 2 N–H and O–H groups in total. The van der Waals surface area contributed by atoms with E-state index in [1.807, 2.05) is 0 Å². The molecule has 0 saturated heterocycles. The molecule has 0 unspecified atom stereocenters. The first kappa shape index (κ1) is 16.4. The normalized spacial score (nSPS) is 17.6. The smallest absolute Gasteiger partial charge is 0.119 e.